The molecule has 0 spiro atoms. The van der Waals surface area contributed by atoms with Crippen LogP contribution in [0.2, 0.25) is 0 Å². The molecule has 2 aromatic carbocycles. The van der Waals surface area contributed by atoms with Crippen molar-refractivity contribution in [1.82, 2.24) is 0 Å². The minimum atomic E-state index is -0.114. The van der Waals surface area contributed by atoms with Gasteiger partial charge in [0.1, 0.15) is 0 Å². The Morgan fingerprint density at radius 2 is 1.58 bits per heavy atom. The summed E-state index contributed by atoms with van der Waals surface area (Å²) in [4.78, 5) is 0. The lowest BCUT2D eigenvalue weighted by atomic mass is 9.41. The predicted molar refractivity (Wildman–Crippen MR) is 166 cm³/mol. The Kier molecular flexibility index (Phi) is 6.22. The molecule has 0 fully saturated rings. The third-order valence-corrected chi connectivity index (χ3v) is 10.6. The molecule has 0 radical (unpaired) electrons. The first-order valence-corrected chi connectivity index (χ1v) is 14.5. The predicted octanol–water partition coefficient (Wildman–Crippen LogP) is 10.8. The zero-order valence-corrected chi connectivity index (χ0v) is 25.1. The molecule has 2 aromatic rings. The van der Waals surface area contributed by atoms with E-state index in [2.05, 4.69) is 98.4 Å². The zero-order chi connectivity index (χ0) is 27.8. The van der Waals surface area contributed by atoms with E-state index in [0.717, 1.165) is 31.3 Å². The summed E-state index contributed by atoms with van der Waals surface area (Å²) >= 11 is 0. The van der Waals surface area contributed by atoms with Crippen molar-refractivity contribution >= 4 is 5.57 Å². The van der Waals surface area contributed by atoms with Crippen molar-refractivity contribution in [3.8, 4) is 11.1 Å². The molecule has 198 valence electrons. The van der Waals surface area contributed by atoms with Crippen LogP contribution < -0.4 is 0 Å². The number of aryl methyl sites for hydroxylation is 2. The molecule has 0 amide bonds. The summed E-state index contributed by atoms with van der Waals surface area (Å²) in [6.45, 7) is 32.8. The van der Waals surface area contributed by atoms with E-state index in [0.29, 0.717) is 0 Å². The first kappa shape index (κ1) is 26.7. The van der Waals surface area contributed by atoms with Crippen LogP contribution in [0.4, 0.5) is 0 Å². The molecule has 5 rings (SSSR count). The quantitative estimate of drug-likeness (QED) is 0.390. The molecule has 0 aliphatic heterocycles. The third kappa shape index (κ3) is 3.55. The van der Waals surface area contributed by atoms with Gasteiger partial charge in [0.05, 0.1) is 0 Å². The smallest absolute Gasteiger partial charge is 0.0194 e. The summed E-state index contributed by atoms with van der Waals surface area (Å²) in [6, 6.07) is 13.9. The average molecular weight is 503 g/mol. The Balaban J connectivity index is 1.71. The van der Waals surface area contributed by atoms with Gasteiger partial charge >= 0.3 is 0 Å². The van der Waals surface area contributed by atoms with Crippen LogP contribution in [0, 0.1) is 23.2 Å². The van der Waals surface area contributed by atoms with Gasteiger partial charge in [-0.25, -0.2) is 0 Å². The number of allylic oxidation sites excluding steroid dienone is 7. The summed E-state index contributed by atoms with van der Waals surface area (Å²) in [5.74, 6) is 0. The molecule has 0 unspecified atom stereocenters. The third-order valence-electron chi connectivity index (χ3n) is 10.6. The maximum absolute atomic E-state index is 4.84. The van der Waals surface area contributed by atoms with Gasteiger partial charge in [-0.1, -0.05) is 107 Å². The van der Waals surface area contributed by atoms with Crippen LogP contribution in [-0.4, -0.2) is 0 Å². The van der Waals surface area contributed by atoms with Gasteiger partial charge in [0.15, 0.2) is 0 Å². The van der Waals surface area contributed by atoms with Gasteiger partial charge in [-0.15, -0.1) is 0 Å². The van der Waals surface area contributed by atoms with Crippen LogP contribution in [0.3, 0.4) is 0 Å². The Hall–Kier alpha value is -2.86. The van der Waals surface area contributed by atoms with Crippen LogP contribution in [0.25, 0.3) is 16.7 Å². The standard InChI is InChI=1S/C38H46/c1-12-13-29-15-17-30(18-16-29)31-19-14-24(4)34-26(6)35-28(8)38(11)27(7)33(23(2)3)25(5)20-37(38,10)22-36(35,9)21-32(31)34/h14-19H,2,6-7,12-13,20-22H2,1,3-5,8-11H3/t36-,37+,38-/m1/s1. The fourth-order valence-electron chi connectivity index (χ4n) is 8.95. The molecule has 0 heteroatoms. The van der Waals surface area contributed by atoms with E-state index in [-0.39, 0.29) is 16.2 Å². The minimum absolute atomic E-state index is 0.0361. The van der Waals surface area contributed by atoms with Gasteiger partial charge in [0.25, 0.3) is 0 Å². The van der Waals surface area contributed by atoms with E-state index < -0.39 is 0 Å². The zero-order valence-electron chi connectivity index (χ0n) is 25.1. The fourth-order valence-corrected chi connectivity index (χ4v) is 8.95. The lowest BCUT2D eigenvalue weighted by molar-refractivity contribution is 0.0544. The van der Waals surface area contributed by atoms with Gasteiger partial charge in [0.2, 0.25) is 0 Å². The Labute approximate surface area is 232 Å². The molecular formula is C38H46. The molecule has 0 heterocycles. The number of hydrogen-bond donors (Lipinski definition) is 0. The molecule has 0 aromatic heterocycles. The SMILES string of the molecule is C=C(C)C1=C(C)C[C@@]2(C)C[C@@]3(C)Cc4c(-c5ccc(CCC)cc5)ccc(C)c4C(=C)C3=C(C)[C@@]2(C)C1=C. The van der Waals surface area contributed by atoms with Crippen molar-refractivity contribution in [2.75, 3.05) is 0 Å². The van der Waals surface area contributed by atoms with Crippen molar-refractivity contribution in [1.29, 1.82) is 0 Å². The molecule has 3 aliphatic rings. The van der Waals surface area contributed by atoms with Crippen molar-refractivity contribution in [3.05, 3.63) is 112 Å². The highest BCUT2D eigenvalue weighted by atomic mass is 14.6. The second kappa shape index (κ2) is 8.84. The van der Waals surface area contributed by atoms with E-state index in [1.54, 1.807) is 0 Å². The normalized spacial score (nSPS) is 28.7. The second-order valence-corrected chi connectivity index (χ2v) is 13.4. The summed E-state index contributed by atoms with van der Waals surface area (Å²) < 4.78 is 0. The molecule has 0 N–H and O–H groups in total. The van der Waals surface area contributed by atoms with Crippen molar-refractivity contribution in [2.45, 2.75) is 87.5 Å². The van der Waals surface area contributed by atoms with Crippen LogP contribution in [0.5, 0.6) is 0 Å². The summed E-state index contributed by atoms with van der Waals surface area (Å²) in [6.07, 6.45) is 5.58. The Morgan fingerprint density at radius 1 is 0.921 bits per heavy atom. The topological polar surface area (TPSA) is 0 Å². The van der Waals surface area contributed by atoms with E-state index in [9.17, 15) is 0 Å². The van der Waals surface area contributed by atoms with Crippen LogP contribution in [0.1, 0.15) is 90.0 Å². The Morgan fingerprint density at radius 3 is 2.18 bits per heavy atom. The molecule has 0 saturated carbocycles. The van der Waals surface area contributed by atoms with E-state index in [4.69, 9.17) is 13.2 Å². The Bertz CT molecular complexity index is 1450. The summed E-state index contributed by atoms with van der Waals surface area (Å²) in [5.41, 5.74) is 17.6. The summed E-state index contributed by atoms with van der Waals surface area (Å²) in [5, 5.41) is 0. The average Bonchev–Trinajstić information content (AvgIpc) is 2.82. The van der Waals surface area contributed by atoms with Gasteiger partial charge in [-0.05, 0) is 120 Å². The van der Waals surface area contributed by atoms with Crippen LogP contribution in [-0.2, 0) is 12.8 Å². The molecule has 0 saturated heterocycles. The monoisotopic (exact) mass is 502 g/mol. The molecule has 0 nitrogen and oxygen atoms in total. The van der Waals surface area contributed by atoms with E-state index >= 15 is 0 Å². The first-order chi connectivity index (χ1) is 17.8. The van der Waals surface area contributed by atoms with Crippen LogP contribution in [0.15, 0.2) is 89.6 Å². The highest BCUT2D eigenvalue weighted by molar-refractivity contribution is 5.90. The van der Waals surface area contributed by atoms with Gasteiger partial charge in [-0.3, -0.25) is 0 Å². The highest BCUT2D eigenvalue weighted by Gasteiger charge is 2.59. The first-order valence-electron chi connectivity index (χ1n) is 14.5. The molecule has 0 bridgehead atoms. The van der Waals surface area contributed by atoms with Gasteiger partial charge in [-0.2, -0.15) is 0 Å². The number of fused-ring (bicyclic) bond motifs is 3. The second-order valence-electron chi connectivity index (χ2n) is 13.4. The maximum atomic E-state index is 4.84. The van der Waals surface area contributed by atoms with E-state index in [1.165, 1.54) is 73.2 Å². The molecule has 3 atom stereocenters. The van der Waals surface area contributed by atoms with Gasteiger partial charge < -0.3 is 0 Å². The molecule has 3 aliphatic carbocycles. The van der Waals surface area contributed by atoms with Crippen molar-refractivity contribution in [2.24, 2.45) is 16.2 Å². The van der Waals surface area contributed by atoms with E-state index in [1.807, 2.05) is 0 Å². The van der Waals surface area contributed by atoms with Crippen LogP contribution >= 0.6 is 0 Å². The minimum Gasteiger partial charge on any atom is -0.0955 e. The number of rotatable bonds is 4. The molecule has 38 heavy (non-hydrogen) atoms. The largest absolute Gasteiger partial charge is 0.0955 e. The highest BCUT2D eigenvalue weighted by Crippen LogP contribution is 2.70. The summed E-state index contributed by atoms with van der Waals surface area (Å²) in [7, 11) is 0. The van der Waals surface area contributed by atoms with Crippen molar-refractivity contribution in [3.63, 3.8) is 0 Å². The van der Waals surface area contributed by atoms with Gasteiger partial charge in [0, 0.05) is 5.41 Å². The fraction of sp³-hybridized carbons (Fsp3) is 0.421. The lowest BCUT2D eigenvalue weighted by Gasteiger charge is -2.62. The molecular weight excluding hydrogens is 456 g/mol. The lowest BCUT2D eigenvalue weighted by Crippen LogP contribution is -2.52. The van der Waals surface area contributed by atoms with Crippen molar-refractivity contribution < 1.29 is 0 Å². The maximum Gasteiger partial charge on any atom is 0.0194 e. The number of hydrogen-bond acceptors (Lipinski definition) is 0. The number of benzene rings is 2.